The van der Waals surface area contributed by atoms with E-state index in [2.05, 4.69) is 25.3 Å². The average Bonchev–Trinajstić information content (AvgIpc) is 2.21. The first kappa shape index (κ1) is 12.8. The lowest BCUT2D eigenvalue weighted by Gasteiger charge is -2.29. The molecule has 1 aliphatic heterocycles. The maximum absolute atomic E-state index is 5.15. The van der Waals surface area contributed by atoms with E-state index in [9.17, 15) is 0 Å². The first-order valence-corrected chi connectivity index (χ1v) is 5.07. The maximum Gasteiger partial charge on any atom is 0.141 e. The molecule has 0 aromatic heterocycles. The first-order valence-electron chi connectivity index (χ1n) is 5.07. The maximum atomic E-state index is 5.15. The summed E-state index contributed by atoms with van der Waals surface area (Å²) in [7, 11) is 1.66. The number of methoxy groups -OCH3 is 1. The van der Waals surface area contributed by atoms with Crippen LogP contribution < -0.4 is 0 Å². The van der Waals surface area contributed by atoms with Crippen LogP contribution in [-0.4, -0.2) is 18.1 Å². The van der Waals surface area contributed by atoms with Crippen LogP contribution in [-0.2, 0) is 4.74 Å². The van der Waals surface area contributed by atoms with E-state index in [0.717, 1.165) is 11.5 Å². The topological polar surface area (TPSA) is 12.5 Å². The minimum atomic E-state index is 0.424. The number of rotatable bonds is 2. The lowest BCUT2D eigenvalue weighted by atomic mass is 10.2. The van der Waals surface area contributed by atoms with Gasteiger partial charge in [0.2, 0.25) is 0 Å². The second kappa shape index (κ2) is 6.30. The molecule has 1 aliphatic rings. The summed E-state index contributed by atoms with van der Waals surface area (Å²) in [4.78, 5) is 2.08. The second-order valence-electron chi connectivity index (χ2n) is 3.02. The number of nitrogens with zero attached hydrogens (tertiary/aromatic N) is 1. The van der Waals surface area contributed by atoms with Crippen molar-refractivity contribution in [1.29, 1.82) is 0 Å². The fourth-order valence-corrected chi connectivity index (χ4v) is 1.21. The Morgan fingerprint density at radius 1 is 1.36 bits per heavy atom. The third-order valence-corrected chi connectivity index (χ3v) is 1.87. The molecule has 0 spiro atoms. The smallest absolute Gasteiger partial charge is 0.141 e. The van der Waals surface area contributed by atoms with Crippen molar-refractivity contribution >= 4 is 0 Å². The fraction of sp³-hybridized carbons (Fsp3) is 0.500. The van der Waals surface area contributed by atoms with E-state index in [1.807, 2.05) is 32.2 Å². The predicted molar refractivity (Wildman–Crippen MR) is 61.7 cm³/mol. The van der Waals surface area contributed by atoms with Crippen molar-refractivity contribution in [2.24, 2.45) is 0 Å². The Labute approximate surface area is 87.6 Å². The summed E-state index contributed by atoms with van der Waals surface area (Å²) < 4.78 is 5.15. The van der Waals surface area contributed by atoms with Gasteiger partial charge in [-0.3, -0.25) is 0 Å². The molecule has 0 amide bonds. The van der Waals surface area contributed by atoms with Gasteiger partial charge in [-0.05, 0) is 26.0 Å². The number of allylic oxidation sites excluding steroid dienone is 2. The second-order valence-corrected chi connectivity index (χ2v) is 3.02. The van der Waals surface area contributed by atoms with Gasteiger partial charge >= 0.3 is 0 Å². The highest BCUT2D eigenvalue weighted by Crippen LogP contribution is 2.21. The summed E-state index contributed by atoms with van der Waals surface area (Å²) in [6, 6.07) is 0.424. The summed E-state index contributed by atoms with van der Waals surface area (Å²) >= 11 is 0. The van der Waals surface area contributed by atoms with Crippen LogP contribution in [0.25, 0.3) is 0 Å². The molecule has 0 radical (unpaired) electrons. The summed E-state index contributed by atoms with van der Waals surface area (Å²) in [6.45, 7) is 12.2. The Morgan fingerprint density at radius 3 is 2.36 bits per heavy atom. The van der Waals surface area contributed by atoms with Crippen LogP contribution >= 0.6 is 0 Å². The Kier molecular flexibility index (Phi) is 5.77. The van der Waals surface area contributed by atoms with Gasteiger partial charge in [-0.2, -0.15) is 0 Å². The molecule has 0 unspecified atom stereocenters. The molecule has 0 saturated heterocycles. The lowest BCUT2D eigenvalue weighted by molar-refractivity contribution is 0.262. The molecule has 2 heteroatoms. The molecule has 0 N–H and O–H groups in total. The molecule has 1 rings (SSSR count). The molecule has 1 heterocycles. The molecular formula is C12H21NO. The van der Waals surface area contributed by atoms with Gasteiger partial charge in [-0.15, -0.1) is 0 Å². The van der Waals surface area contributed by atoms with E-state index >= 15 is 0 Å². The zero-order valence-corrected chi connectivity index (χ0v) is 9.87. The molecule has 80 valence electrons. The van der Waals surface area contributed by atoms with E-state index in [4.69, 9.17) is 4.74 Å². The normalized spacial score (nSPS) is 14.9. The highest BCUT2D eigenvalue weighted by Gasteiger charge is 2.15. The molecule has 0 fully saturated rings. The number of ether oxygens (including phenoxy) is 1. The summed E-state index contributed by atoms with van der Waals surface area (Å²) in [5.41, 5.74) is 0.926. The van der Waals surface area contributed by atoms with Crippen LogP contribution in [0, 0.1) is 0 Å². The van der Waals surface area contributed by atoms with E-state index in [-0.39, 0.29) is 0 Å². The van der Waals surface area contributed by atoms with E-state index in [0.29, 0.717) is 6.04 Å². The van der Waals surface area contributed by atoms with Crippen LogP contribution in [0.2, 0.25) is 0 Å². The molecule has 0 atom stereocenters. The molecule has 0 aromatic rings. The van der Waals surface area contributed by atoms with Crippen molar-refractivity contribution in [3.05, 3.63) is 36.4 Å². The van der Waals surface area contributed by atoms with E-state index in [1.54, 1.807) is 7.11 Å². The van der Waals surface area contributed by atoms with E-state index in [1.165, 1.54) is 0 Å². The lowest BCUT2D eigenvalue weighted by Crippen LogP contribution is -2.26. The van der Waals surface area contributed by atoms with Crippen molar-refractivity contribution in [3.63, 3.8) is 0 Å². The minimum Gasteiger partial charge on any atom is -0.495 e. The minimum absolute atomic E-state index is 0.424. The van der Waals surface area contributed by atoms with Gasteiger partial charge in [0.25, 0.3) is 0 Å². The zero-order chi connectivity index (χ0) is 11.1. The Balaban J connectivity index is 0.000000791. The zero-order valence-electron chi connectivity index (χ0n) is 9.87. The fourth-order valence-electron chi connectivity index (χ4n) is 1.21. The molecule has 0 aromatic carbocycles. The van der Waals surface area contributed by atoms with Gasteiger partial charge in [0.05, 0.1) is 12.8 Å². The van der Waals surface area contributed by atoms with Crippen LogP contribution in [0.1, 0.15) is 27.7 Å². The predicted octanol–water partition coefficient (Wildman–Crippen LogP) is 3.29. The highest BCUT2D eigenvalue weighted by molar-refractivity contribution is 5.31. The third kappa shape index (κ3) is 2.95. The average molecular weight is 195 g/mol. The number of hydrogen-bond acceptors (Lipinski definition) is 2. The van der Waals surface area contributed by atoms with Gasteiger partial charge < -0.3 is 9.64 Å². The summed E-state index contributed by atoms with van der Waals surface area (Å²) in [5.74, 6) is 0.839. The van der Waals surface area contributed by atoms with Gasteiger partial charge in [-0.25, -0.2) is 0 Å². The molecule has 0 saturated carbocycles. The monoisotopic (exact) mass is 195 g/mol. The molecule has 0 bridgehead atoms. The van der Waals surface area contributed by atoms with Gasteiger partial charge in [0, 0.05) is 12.2 Å². The molecule has 14 heavy (non-hydrogen) atoms. The Hall–Kier alpha value is -1.18. The number of hydrogen-bond donors (Lipinski definition) is 0. The third-order valence-electron chi connectivity index (χ3n) is 1.87. The van der Waals surface area contributed by atoms with Crippen molar-refractivity contribution < 1.29 is 4.74 Å². The van der Waals surface area contributed by atoms with Gasteiger partial charge in [0.15, 0.2) is 0 Å². The summed E-state index contributed by atoms with van der Waals surface area (Å²) in [6.07, 6.45) is 5.89. The van der Waals surface area contributed by atoms with Crippen LogP contribution in [0.15, 0.2) is 36.4 Å². The van der Waals surface area contributed by atoms with Crippen LogP contribution in [0.3, 0.4) is 0 Å². The first-order chi connectivity index (χ1) is 6.66. The van der Waals surface area contributed by atoms with E-state index < -0.39 is 0 Å². The van der Waals surface area contributed by atoms with Crippen molar-refractivity contribution in [2.45, 2.75) is 33.7 Å². The molecule has 0 aliphatic carbocycles. The van der Waals surface area contributed by atoms with Crippen molar-refractivity contribution in [2.75, 3.05) is 7.11 Å². The van der Waals surface area contributed by atoms with Gasteiger partial charge in [0.1, 0.15) is 5.76 Å². The van der Waals surface area contributed by atoms with Crippen molar-refractivity contribution in [1.82, 2.24) is 4.90 Å². The Bertz CT molecular complexity index is 239. The van der Waals surface area contributed by atoms with Crippen LogP contribution in [0.4, 0.5) is 0 Å². The SMILES string of the molecule is C=C1C(OC)=CC=CN1C(C)C.CC. The Morgan fingerprint density at radius 2 is 1.93 bits per heavy atom. The quantitative estimate of drug-likeness (QED) is 0.670. The molecular weight excluding hydrogens is 174 g/mol. The highest BCUT2D eigenvalue weighted by atomic mass is 16.5. The van der Waals surface area contributed by atoms with Crippen molar-refractivity contribution in [3.8, 4) is 0 Å². The summed E-state index contributed by atoms with van der Waals surface area (Å²) in [5, 5.41) is 0. The van der Waals surface area contributed by atoms with Gasteiger partial charge in [-0.1, -0.05) is 20.4 Å². The standard InChI is InChI=1S/C10H15NO.C2H6/c1-8(2)11-7-5-6-10(12-4)9(11)3;1-2/h5-8H,3H2,1-2,4H3;1-2H3. The molecule has 2 nitrogen and oxygen atoms in total. The van der Waals surface area contributed by atoms with Crippen LogP contribution in [0.5, 0.6) is 0 Å². The largest absolute Gasteiger partial charge is 0.495 e.